The molecule has 1 aliphatic carbocycles. The van der Waals surface area contributed by atoms with Crippen LogP contribution in [0.4, 0.5) is 18.9 Å². The number of methoxy groups -OCH3 is 1. The van der Waals surface area contributed by atoms with Crippen molar-refractivity contribution in [2.45, 2.75) is 55.1 Å². The van der Waals surface area contributed by atoms with Gasteiger partial charge in [0.15, 0.2) is 15.4 Å². The lowest BCUT2D eigenvalue weighted by atomic mass is 9.95. The summed E-state index contributed by atoms with van der Waals surface area (Å²) < 4.78 is 68.9. The summed E-state index contributed by atoms with van der Waals surface area (Å²) in [5, 5.41) is 12.5. The maximum Gasteiger partial charge on any atom is 0.421 e. The van der Waals surface area contributed by atoms with E-state index in [-0.39, 0.29) is 23.0 Å². The second-order valence-corrected chi connectivity index (χ2v) is 11.6. The van der Waals surface area contributed by atoms with E-state index in [9.17, 15) is 36.3 Å². The summed E-state index contributed by atoms with van der Waals surface area (Å²) in [5.74, 6) is -0.996. The third-order valence-electron chi connectivity index (χ3n) is 6.83. The van der Waals surface area contributed by atoms with Crippen LogP contribution in [-0.2, 0) is 36.3 Å². The predicted molar refractivity (Wildman–Crippen MR) is 127 cm³/mol. The Balaban J connectivity index is 1.64. The molecule has 3 unspecified atom stereocenters. The first-order valence-electron chi connectivity index (χ1n) is 11.5. The van der Waals surface area contributed by atoms with Crippen molar-refractivity contribution in [1.29, 1.82) is 0 Å². The van der Waals surface area contributed by atoms with E-state index in [4.69, 9.17) is 4.74 Å². The summed E-state index contributed by atoms with van der Waals surface area (Å²) >= 11 is 0. The predicted octanol–water partition coefficient (Wildman–Crippen LogP) is 3.31. The summed E-state index contributed by atoms with van der Waals surface area (Å²) in [6.45, 7) is 0.631. The lowest BCUT2D eigenvalue weighted by Gasteiger charge is -2.28. The molecule has 1 heterocycles. The highest BCUT2D eigenvalue weighted by atomic mass is 32.2. The first-order chi connectivity index (χ1) is 17.1. The number of rotatable bonds is 7. The van der Waals surface area contributed by atoms with Crippen LogP contribution in [0, 0.1) is 5.92 Å². The molecule has 1 fully saturated rings. The van der Waals surface area contributed by atoms with E-state index >= 15 is 0 Å². The van der Waals surface area contributed by atoms with Gasteiger partial charge in [0.25, 0.3) is 11.8 Å². The highest BCUT2D eigenvalue weighted by Crippen LogP contribution is 2.41. The van der Waals surface area contributed by atoms with Gasteiger partial charge in [0, 0.05) is 25.6 Å². The fourth-order valence-electron chi connectivity index (χ4n) is 4.46. The Labute approximate surface area is 212 Å². The maximum absolute atomic E-state index is 13.4. The van der Waals surface area contributed by atoms with Gasteiger partial charge in [0.05, 0.1) is 4.90 Å². The zero-order valence-corrected chi connectivity index (χ0v) is 21.2. The largest absolute Gasteiger partial charge is 0.421 e. The maximum atomic E-state index is 13.4. The van der Waals surface area contributed by atoms with E-state index in [2.05, 4.69) is 5.32 Å². The number of benzene rings is 2. The zero-order chi connectivity index (χ0) is 27.3. The van der Waals surface area contributed by atoms with E-state index in [1.54, 1.807) is 0 Å². The third-order valence-corrected chi connectivity index (χ3v) is 7.95. The number of carbonyl (C=O) groups excluding carboxylic acids is 2. The average Bonchev–Trinajstić information content (AvgIpc) is 3.56. The van der Waals surface area contributed by atoms with Crippen molar-refractivity contribution in [3.05, 3.63) is 59.2 Å². The summed E-state index contributed by atoms with van der Waals surface area (Å²) in [7, 11) is -2.11. The van der Waals surface area contributed by atoms with Gasteiger partial charge in [-0.2, -0.15) is 13.2 Å². The number of carbonyl (C=O) groups is 2. The Morgan fingerprint density at radius 2 is 1.76 bits per heavy atom. The van der Waals surface area contributed by atoms with Crippen molar-refractivity contribution in [1.82, 2.24) is 4.90 Å². The molecule has 1 saturated carbocycles. The number of alkyl halides is 3. The van der Waals surface area contributed by atoms with Gasteiger partial charge in [0.2, 0.25) is 0 Å². The van der Waals surface area contributed by atoms with Crippen LogP contribution in [-0.4, -0.2) is 55.9 Å². The van der Waals surface area contributed by atoms with E-state index in [1.807, 2.05) is 0 Å². The van der Waals surface area contributed by atoms with Gasteiger partial charge < -0.3 is 20.1 Å². The second-order valence-electron chi connectivity index (χ2n) is 9.63. The minimum absolute atomic E-state index is 0.00438. The summed E-state index contributed by atoms with van der Waals surface area (Å²) in [6, 6.07) is 7.75. The quantitative estimate of drug-likeness (QED) is 0.557. The molecule has 37 heavy (non-hydrogen) atoms. The fourth-order valence-corrected chi connectivity index (χ4v) is 5.13. The van der Waals surface area contributed by atoms with Crippen LogP contribution in [0.25, 0.3) is 0 Å². The molecular weight excluding hydrogens is 513 g/mol. The number of hydrogen-bond acceptors (Lipinski definition) is 6. The minimum Gasteiger partial charge on any atom is -0.376 e. The topological polar surface area (TPSA) is 113 Å². The Kier molecular flexibility index (Phi) is 6.89. The molecule has 0 radical (unpaired) electrons. The van der Waals surface area contributed by atoms with Crippen LogP contribution in [0.2, 0.25) is 0 Å². The number of hydrogen-bond donors (Lipinski definition) is 2. The van der Waals surface area contributed by atoms with Crippen molar-refractivity contribution >= 4 is 27.3 Å². The highest BCUT2D eigenvalue weighted by Gasteiger charge is 2.51. The molecule has 0 spiro atoms. The Bertz CT molecular complexity index is 1320. The molecule has 2 aromatic carbocycles. The van der Waals surface area contributed by atoms with Crippen LogP contribution in [0.5, 0.6) is 0 Å². The van der Waals surface area contributed by atoms with Gasteiger partial charge in [-0.1, -0.05) is 18.2 Å². The van der Waals surface area contributed by atoms with E-state index in [0.29, 0.717) is 18.1 Å². The number of fused-ring (bicyclic) bond motifs is 1. The van der Waals surface area contributed by atoms with Crippen molar-refractivity contribution in [3.63, 3.8) is 0 Å². The number of nitrogens with one attached hydrogen (secondary N) is 1. The molecule has 2 N–H and O–H groups in total. The number of halogens is 3. The highest BCUT2D eigenvalue weighted by molar-refractivity contribution is 7.90. The normalized spacial score (nSPS) is 20.2. The van der Waals surface area contributed by atoms with Crippen LogP contribution in [0.15, 0.2) is 47.4 Å². The van der Waals surface area contributed by atoms with Gasteiger partial charge in [-0.15, -0.1) is 0 Å². The van der Waals surface area contributed by atoms with E-state index in [1.165, 1.54) is 42.3 Å². The van der Waals surface area contributed by atoms with Crippen LogP contribution in [0.3, 0.4) is 0 Å². The lowest BCUT2D eigenvalue weighted by molar-refractivity contribution is -0.258. The Hall–Kier alpha value is -2.96. The standard InChI is InChI=1S/C25H27F3N2O6S/c1-24(33,25(26,27)28)16-6-8-17(9-7-16)29-22(31)20-19-11-10-18(37(3,34)35)12-15(19)13-30(20)23(32)21(36-2)14-4-5-14/h6-12,14,20-21,33H,4-5,13H2,1-3H3,(H,29,31). The molecule has 1 aliphatic heterocycles. The molecule has 0 bridgehead atoms. The monoisotopic (exact) mass is 540 g/mol. The molecule has 200 valence electrons. The van der Waals surface area contributed by atoms with Gasteiger partial charge in [-0.3, -0.25) is 9.59 Å². The Morgan fingerprint density at radius 3 is 2.27 bits per heavy atom. The number of anilines is 1. The summed E-state index contributed by atoms with van der Waals surface area (Å²) in [6.07, 6.45) is -2.95. The molecule has 2 amide bonds. The first-order valence-corrected chi connectivity index (χ1v) is 13.4. The van der Waals surface area contributed by atoms with E-state index in [0.717, 1.165) is 31.2 Å². The molecule has 2 aromatic rings. The van der Waals surface area contributed by atoms with Gasteiger partial charge >= 0.3 is 6.18 Å². The third kappa shape index (κ3) is 5.23. The average molecular weight is 541 g/mol. The van der Waals surface area contributed by atoms with Crippen LogP contribution < -0.4 is 5.32 Å². The first kappa shape index (κ1) is 27.1. The summed E-state index contributed by atoms with van der Waals surface area (Å²) in [4.78, 5) is 28.2. The molecule has 12 heteroatoms. The van der Waals surface area contributed by atoms with E-state index < -0.39 is 51.1 Å². The van der Waals surface area contributed by atoms with Crippen LogP contribution >= 0.6 is 0 Å². The number of ether oxygens (including phenoxy) is 1. The SMILES string of the molecule is COC(C(=O)N1Cc2cc(S(C)(=O)=O)ccc2C1C(=O)Nc1ccc(C(C)(O)C(F)(F)F)cc1)C1CC1. The van der Waals surface area contributed by atoms with Crippen molar-refractivity contribution in [2.24, 2.45) is 5.92 Å². The fraction of sp³-hybridized carbons (Fsp3) is 0.440. The molecule has 3 atom stereocenters. The molecular formula is C25H27F3N2O6S. The van der Waals surface area contributed by atoms with Crippen LogP contribution in [0.1, 0.15) is 42.5 Å². The summed E-state index contributed by atoms with van der Waals surface area (Å²) in [5.41, 5.74) is -2.37. The zero-order valence-electron chi connectivity index (χ0n) is 20.4. The second kappa shape index (κ2) is 9.41. The lowest BCUT2D eigenvalue weighted by Crippen LogP contribution is -2.43. The van der Waals surface area contributed by atoms with Gasteiger partial charge in [0.1, 0.15) is 12.1 Å². The number of sulfone groups is 1. The molecule has 2 aliphatic rings. The van der Waals surface area contributed by atoms with Gasteiger partial charge in [-0.25, -0.2) is 8.42 Å². The molecule has 4 rings (SSSR count). The minimum atomic E-state index is -4.89. The number of aliphatic hydroxyl groups is 1. The molecule has 0 saturated heterocycles. The van der Waals surface area contributed by atoms with Crippen molar-refractivity contribution in [2.75, 3.05) is 18.7 Å². The number of amides is 2. The van der Waals surface area contributed by atoms with Crippen molar-refractivity contribution < 1.29 is 41.0 Å². The van der Waals surface area contributed by atoms with Crippen molar-refractivity contribution in [3.8, 4) is 0 Å². The molecule has 0 aromatic heterocycles. The van der Waals surface area contributed by atoms with Gasteiger partial charge in [-0.05, 0) is 66.6 Å². The smallest absolute Gasteiger partial charge is 0.376 e. The molecule has 8 nitrogen and oxygen atoms in total. The Morgan fingerprint density at radius 1 is 1.14 bits per heavy atom. The number of nitrogens with zero attached hydrogens (tertiary/aromatic N) is 1.